The minimum absolute atomic E-state index is 0.161. The van der Waals surface area contributed by atoms with Crippen LogP contribution in [0.3, 0.4) is 0 Å². The van der Waals surface area contributed by atoms with Crippen LogP contribution in [-0.2, 0) is 4.79 Å². The Hall–Kier alpha value is -0.890. The lowest BCUT2D eigenvalue weighted by Crippen LogP contribution is -2.51. The molecule has 4 fully saturated rings. The Balaban J connectivity index is 1.51. The fourth-order valence-corrected chi connectivity index (χ4v) is 7.64. The molecule has 1 spiro atoms. The minimum Gasteiger partial charge on any atom is -0.313 e. The molecule has 0 radical (unpaired) electrons. The van der Waals surface area contributed by atoms with Crippen LogP contribution in [0.2, 0.25) is 0 Å². The number of ketones is 1. The van der Waals surface area contributed by atoms with Gasteiger partial charge in [-0.1, -0.05) is 18.6 Å². The number of fused-ring (bicyclic) bond motifs is 4. The second-order valence-corrected chi connectivity index (χ2v) is 9.23. The third-order valence-electron chi connectivity index (χ3n) is 8.70. The Bertz CT molecular complexity index is 619. The molecular weight excluding hydrogens is 282 g/mol. The summed E-state index contributed by atoms with van der Waals surface area (Å²) in [7, 11) is 0. The summed E-state index contributed by atoms with van der Waals surface area (Å²) in [5.74, 6) is 3.69. The first-order valence-corrected chi connectivity index (χ1v) is 9.72. The van der Waals surface area contributed by atoms with Gasteiger partial charge in [0.15, 0.2) is 5.78 Å². The molecule has 124 valence electrons. The molecule has 7 atom stereocenters. The van der Waals surface area contributed by atoms with Gasteiger partial charge in [-0.05, 0) is 86.7 Å². The van der Waals surface area contributed by atoms with E-state index < -0.39 is 0 Å². The van der Waals surface area contributed by atoms with Crippen molar-refractivity contribution < 1.29 is 4.79 Å². The van der Waals surface area contributed by atoms with E-state index >= 15 is 0 Å². The lowest BCUT2D eigenvalue weighted by atomic mass is 9.47. The Kier molecular flexibility index (Phi) is 2.89. The van der Waals surface area contributed by atoms with Gasteiger partial charge in [0.05, 0.1) is 0 Å². The first kappa shape index (κ1) is 14.5. The van der Waals surface area contributed by atoms with Crippen molar-refractivity contribution in [3.05, 3.63) is 23.8 Å². The van der Waals surface area contributed by atoms with Gasteiger partial charge in [0.2, 0.25) is 0 Å². The third kappa shape index (κ3) is 1.71. The van der Waals surface area contributed by atoms with Crippen molar-refractivity contribution in [2.24, 2.45) is 34.5 Å². The highest BCUT2D eigenvalue weighted by Gasteiger charge is 2.62. The van der Waals surface area contributed by atoms with Crippen LogP contribution in [0.4, 0.5) is 0 Å². The number of hydrogen-bond acceptors (Lipinski definition) is 2. The van der Waals surface area contributed by atoms with Crippen molar-refractivity contribution in [1.29, 1.82) is 0 Å². The molecule has 5 aliphatic rings. The van der Waals surface area contributed by atoms with Crippen LogP contribution in [0.15, 0.2) is 23.8 Å². The molecule has 7 unspecified atom stereocenters. The molecule has 5 rings (SSSR count). The van der Waals surface area contributed by atoms with E-state index in [0.717, 1.165) is 36.1 Å². The van der Waals surface area contributed by atoms with Crippen molar-refractivity contribution in [3.63, 3.8) is 0 Å². The van der Waals surface area contributed by atoms with Crippen LogP contribution in [0.1, 0.15) is 52.4 Å². The van der Waals surface area contributed by atoms with Gasteiger partial charge in [-0.2, -0.15) is 0 Å². The highest BCUT2D eigenvalue weighted by atomic mass is 16.1. The van der Waals surface area contributed by atoms with Gasteiger partial charge in [-0.3, -0.25) is 4.79 Å². The van der Waals surface area contributed by atoms with Crippen molar-refractivity contribution in [2.45, 2.75) is 58.4 Å². The molecule has 23 heavy (non-hydrogen) atoms. The molecule has 0 bridgehead atoms. The molecule has 1 aliphatic heterocycles. The number of allylic oxidation sites excluding steroid dienone is 4. The van der Waals surface area contributed by atoms with Crippen LogP contribution in [-0.4, -0.2) is 18.4 Å². The van der Waals surface area contributed by atoms with Crippen LogP contribution in [0.5, 0.6) is 0 Å². The summed E-state index contributed by atoms with van der Waals surface area (Å²) in [4.78, 5) is 11.8. The van der Waals surface area contributed by atoms with Gasteiger partial charge in [0.25, 0.3) is 0 Å². The average Bonchev–Trinajstić information content (AvgIpc) is 3.06. The predicted octanol–water partition coefficient (Wildman–Crippen LogP) is 3.88. The number of carbonyl (C=O) groups is 1. The molecule has 2 nitrogen and oxygen atoms in total. The van der Waals surface area contributed by atoms with Crippen molar-refractivity contribution in [1.82, 2.24) is 5.32 Å². The van der Waals surface area contributed by atoms with E-state index in [4.69, 9.17) is 0 Å². The van der Waals surface area contributed by atoms with Gasteiger partial charge in [0.1, 0.15) is 0 Å². The van der Waals surface area contributed by atoms with Crippen LogP contribution >= 0.6 is 0 Å². The maximum absolute atomic E-state index is 11.8. The van der Waals surface area contributed by atoms with Gasteiger partial charge in [0, 0.05) is 18.0 Å². The largest absolute Gasteiger partial charge is 0.313 e. The highest BCUT2D eigenvalue weighted by molar-refractivity contribution is 6.01. The second kappa shape index (κ2) is 4.59. The topological polar surface area (TPSA) is 29.1 Å². The minimum atomic E-state index is 0.161. The van der Waals surface area contributed by atoms with Crippen molar-refractivity contribution >= 4 is 5.78 Å². The summed E-state index contributed by atoms with van der Waals surface area (Å²) >= 11 is 0. The summed E-state index contributed by atoms with van der Waals surface area (Å²) in [5.41, 5.74) is 2.19. The van der Waals surface area contributed by atoms with E-state index in [1.165, 1.54) is 44.2 Å². The van der Waals surface area contributed by atoms with Gasteiger partial charge >= 0.3 is 0 Å². The summed E-state index contributed by atoms with van der Waals surface area (Å²) in [6.07, 6.45) is 14.2. The number of hydrogen-bond donors (Lipinski definition) is 1. The summed E-state index contributed by atoms with van der Waals surface area (Å²) in [6.45, 7) is 6.09. The predicted molar refractivity (Wildman–Crippen MR) is 91.9 cm³/mol. The first-order chi connectivity index (χ1) is 11.0. The van der Waals surface area contributed by atoms with E-state index in [0.29, 0.717) is 5.41 Å². The maximum atomic E-state index is 11.8. The fraction of sp³-hybridized carbons (Fsp3) is 0.762. The molecule has 2 heteroatoms. The average molecular weight is 311 g/mol. The lowest BCUT2D eigenvalue weighted by Gasteiger charge is -2.57. The monoisotopic (exact) mass is 311 g/mol. The van der Waals surface area contributed by atoms with E-state index in [1.807, 2.05) is 12.2 Å². The van der Waals surface area contributed by atoms with Gasteiger partial charge in [-0.15, -0.1) is 0 Å². The number of carbonyl (C=O) groups excluding carboxylic acids is 1. The zero-order valence-corrected chi connectivity index (χ0v) is 14.5. The third-order valence-corrected chi connectivity index (χ3v) is 8.70. The SMILES string of the molecule is CC1NCC23CCC4C(CCC5=CC(=O)C=CC54C)C2CCC13. The fourth-order valence-electron chi connectivity index (χ4n) is 7.64. The number of rotatable bonds is 0. The smallest absolute Gasteiger partial charge is 0.178 e. The van der Waals surface area contributed by atoms with Gasteiger partial charge < -0.3 is 5.32 Å². The van der Waals surface area contributed by atoms with E-state index in [1.54, 1.807) is 0 Å². The molecule has 0 aromatic heterocycles. The molecule has 4 aliphatic carbocycles. The quantitative estimate of drug-likeness (QED) is 0.735. The summed E-state index contributed by atoms with van der Waals surface area (Å²) in [6, 6.07) is 0.721. The molecule has 1 saturated heterocycles. The molecular formula is C21H29NO. The molecule has 0 aromatic carbocycles. The summed E-state index contributed by atoms with van der Waals surface area (Å²) in [5, 5.41) is 3.81. The van der Waals surface area contributed by atoms with Gasteiger partial charge in [-0.25, -0.2) is 0 Å². The lowest BCUT2D eigenvalue weighted by molar-refractivity contribution is -0.111. The Morgan fingerprint density at radius 2 is 1.96 bits per heavy atom. The Morgan fingerprint density at radius 1 is 1.13 bits per heavy atom. The second-order valence-electron chi connectivity index (χ2n) is 9.23. The van der Waals surface area contributed by atoms with Crippen molar-refractivity contribution in [2.75, 3.05) is 6.54 Å². The molecule has 1 N–H and O–H groups in total. The molecule has 3 saturated carbocycles. The molecule has 1 heterocycles. The van der Waals surface area contributed by atoms with E-state index in [2.05, 4.69) is 25.2 Å². The van der Waals surface area contributed by atoms with E-state index in [-0.39, 0.29) is 11.2 Å². The van der Waals surface area contributed by atoms with Crippen LogP contribution in [0, 0.1) is 34.5 Å². The first-order valence-electron chi connectivity index (χ1n) is 9.72. The molecule has 0 amide bonds. The zero-order valence-electron chi connectivity index (χ0n) is 14.5. The standard InChI is InChI=1S/C21H29NO/c1-13-17-5-6-19-16-4-3-14-11-15(23)7-9-20(14,2)18(16)8-10-21(17,19)12-22-13/h7,9,11,13,16-19,22H,3-6,8,10,12H2,1-2H3. The van der Waals surface area contributed by atoms with Crippen LogP contribution in [0.25, 0.3) is 0 Å². The molecule has 0 aromatic rings. The normalized spacial score (nSPS) is 54.1. The summed E-state index contributed by atoms with van der Waals surface area (Å²) < 4.78 is 0. The Labute approximate surface area is 139 Å². The highest BCUT2D eigenvalue weighted by Crippen LogP contribution is 2.67. The zero-order chi connectivity index (χ0) is 15.8. The Morgan fingerprint density at radius 3 is 2.83 bits per heavy atom. The number of nitrogens with one attached hydrogen (secondary N) is 1. The maximum Gasteiger partial charge on any atom is 0.178 e. The van der Waals surface area contributed by atoms with Crippen LogP contribution < -0.4 is 5.32 Å². The van der Waals surface area contributed by atoms with Crippen molar-refractivity contribution in [3.8, 4) is 0 Å². The van der Waals surface area contributed by atoms with E-state index in [9.17, 15) is 4.79 Å².